The zero-order chi connectivity index (χ0) is 9.42. The molecule has 0 radical (unpaired) electrons. The molecule has 0 nitrogen and oxygen atoms in total. The van der Waals surface area contributed by atoms with Gasteiger partial charge in [-0.1, -0.05) is 31.2 Å². The number of fused-ring (bicyclic) bond motifs is 1. The molecule has 0 amide bonds. The fraction of sp³-hybridized carbons (Fsp3) is 0.333. The molecule has 1 aromatic rings. The molecule has 0 bridgehead atoms. The van der Waals surface area contributed by atoms with Gasteiger partial charge in [-0.2, -0.15) is 0 Å². The quantitative estimate of drug-likeness (QED) is 0.579. The number of rotatable bonds is 0. The zero-order valence-electron chi connectivity index (χ0n) is 8.29. The smallest absolute Gasteiger partial charge is 0.00955 e. The summed E-state index contributed by atoms with van der Waals surface area (Å²) < 4.78 is 0. The SMILES string of the molecule is Cc1sc(C)c2c1C=CC(C)C=C2. The molecule has 0 aromatic carbocycles. The minimum absolute atomic E-state index is 0.566. The van der Waals surface area contributed by atoms with Crippen LogP contribution in [0, 0.1) is 19.8 Å². The molecule has 0 saturated heterocycles. The number of thiophene rings is 1. The van der Waals surface area contributed by atoms with Crippen molar-refractivity contribution in [3.05, 3.63) is 33.0 Å². The Balaban J connectivity index is 2.61. The van der Waals surface area contributed by atoms with Gasteiger partial charge in [0.05, 0.1) is 0 Å². The van der Waals surface area contributed by atoms with Crippen LogP contribution in [-0.2, 0) is 0 Å². The number of allylic oxidation sites excluding steroid dienone is 2. The van der Waals surface area contributed by atoms with Crippen molar-refractivity contribution >= 4 is 23.5 Å². The minimum atomic E-state index is 0.566. The predicted octanol–water partition coefficient (Wildman–Crippen LogP) is 4.04. The van der Waals surface area contributed by atoms with Crippen LogP contribution in [0.15, 0.2) is 12.2 Å². The van der Waals surface area contributed by atoms with E-state index in [0.717, 1.165) is 0 Å². The Bertz CT molecular complexity index is 346. The molecule has 2 rings (SSSR count). The molecule has 0 spiro atoms. The lowest BCUT2D eigenvalue weighted by atomic mass is 10.1. The summed E-state index contributed by atoms with van der Waals surface area (Å²) in [4.78, 5) is 2.87. The van der Waals surface area contributed by atoms with E-state index in [1.165, 1.54) is 20.9 Å². The van der Waals surface area contributed by atoms with Gasteiger partial charge >= 0.3 is 0 Å². The van der Waals surface area contributed by atoms with E-state index in [1.54, 1.807) is 0 Å². The molecule has 1 aliphatic carbocycles. The van der Waals surface area contributed by atoms with Crippen molar-refractivity contribution < 1.29 is 0 Å². The molecule has 0 unspecified atom stereocenters. The maximum atomic E-state index is 2.27. The second kappa shape index (κ2) is 3.15. The van der Waals surface area contributed by atoms with Crippen LogP contribution in [0.4, 0.5) is 0 Å². The van der Waals surface area contributed by atoms with E-state index in [9.17, 15) is 0 Å². The van der Waals surface area contributed by atoms with E-state index < -0.39 is 0 Å². The highest BCUT2D eigenvalue weighted by Gasteiger charge is 2.10. The minimum Gasteiger partial charge on any atom is -0.145 e. The van der Waals surface area contributed by atoms with Gasteiger partial charge in [-0.25, -0.2) is 0 Å². The van der Waals surface area contributed by atoms with Crippen molar-refractivity contribution in [1.29, 1.82) is 0 Å². The van der Waals surface area contributed by atoms with Crippen LogP contribution in [-0.4, -0.2) is 0 Å². The molecular weight excluding hydrogens is 176 g/mol. The average molecular weight is 190 g/mol. The standard InChI is InChI=1S/C12H14S/c1-8-4-6-11-9(2)13-10(3)12(11)7-5-8/h4-8H,1-3H3. The van der Waals surface area contributed by atoms with Gasteiger partial charge in [-0.3, -0.25) is 0 Å². The average Bonchev–Trinajstić information content (AvgIpc) is 2.27. The van der Waals surface area contributed by atoms with Gasteiger partial charge in [0.25, 0.3) is 0 Å². The van der Waals surface area contributed by atoms with E-state index >= 15 is 0 Å². The maximum Gasteiger partial charge on any atom is 0.00955 e. The molecule has 0 aliphatic heterocycles. The third-order valence-corrected chi connectivity index (χ3v) is 3.54. The van der Waals surface area contributed by atoms with E-state index in [4.69, 9.17) is 0 Å². The Labute approximate surface area is 83.6 Å². The fourth-order valence-corrected chi connectivity index (χ4v) is 2.73. The predicted molar refractivity (Wildman–Crippen MR) is 61.0 cm³/mol. The summed E-state index contributed by atoms with van der Waals surface area (Å²) in [6, 6.07) is 0. The van der Waals surface area contributed by atoms with E-state index in [2.05, 4.69) is 45.1 Å². The molecule has 0 atom stereocenters. The van der Waals surface area contributed by atoms with E-state index in [0.29, 0.717) is 5.92 Å². The van der Waals surface area contributed by atoms with Gasteiger partial charge in [-0.05, 0) is 30.9 Å². The lowest BCUT2D eigenvalue weighted by Crippen LogP contribution is -1.77. The number of hydrogen-bond acceptors (Lipinski definition) is 1. The first kappa shape index (κ1) is 8.76. The van der Waals surface area contributed by atoms with Crippen molar-refractivity contribution in [3.63, 3.8) is 0 Å². The first-order chi connectivity index (χ1) is 6.18. The van der Waals surface area contributed by atoms with Crippen LogP contribution in [0.2, 0.25) is 0 Å². The van der Waals surface area contributed by atoms with Gasteiger partial charge in [0.1, 0.15) is 0 Å². The first-order valence-electron chi connectivity index (χ1n) is 4.65. The Hall–Kier alpha value is -0.820. The monoisotopic (exact) mass is 190 g/mol. The zero-order valence-corrected chi connectivity index (χ0v) is 9.11. The second-order valence-electron chi connectivity index (χ2n) is 3.62. The third-order valence-electron chi connectivity index (χ3n) is 2.49. The second-order valence-corrected chi connectivity index (χ2v) is 5.05. The highest BCUT2D eigenvalue weighted by molar-refractivity contribution is 7.12. The molecule has 0 N–H and O–H groups in total. The van der Waals surface area contributed by atoms with Crippen molar-refractivity contribution in [3.8, 4) is 0 Å². The molecule has 13 heavy (non-hydrogen) atoms. The topological polar surface area (TPSA) is 0 Å². The fourth-order valence-electron chi connectivity index (χ4n) is 1.69. The lowest BCUT2D eigenvalue weighted by molar-refractivity contribution is 0.954. The van der Waals surface area contributed by atoms with Gasteiger partial charge in [0.15, 0.2) is 0 Å². The summed E-state index contributed by atoms with van der Waals surface area (Å²) in [7, 11) is 0. The number of aryl methyl sites for hydroxylation is 2. The van der Waals surface area contributed by atoms with Crippen molar-refractivity contribution in [2.24, 2.45) is 5.92 Å². The van der Waals surface area contributed by atoms with Crippen LogP contribution < -0.4 is 0 Å². The molecule has 1 aliphatic rings. The van der Waals surface area contributed by atoms with Gasteiger partial charge in [-0.15, -0.1) is 11.3 Å². The summed E-state index contributed by atoms with van der Waals surface area (Å²) in [6.45, 7) is 6.61. The normalized spacial score (nSPS) is 15.9. The van der Waals surface area contributed by atoms with Gasteiger partial charge < -0.3 is 0 Å². The van der Waals surface area contributed by atoms with Crippen LogP contribution in [0.5, 0.6) is 0 Å². The molecule has 68 valence electrons. The molecule has 0 saturated carbocycles. The van der Waals surface area contributed by atoms with Crippen molar-refractivity contribution in [2.45, 2.75) is 20.8 Å². The molecular formula is C12H14S. The first-order valence-corrected chi connectivity index (χ1v) is 5.46. The summed E-state index contributed by atoms with van der Waals surface area (Å²) in [5.41, 5.74) is 2.84. The molecule has 0 fully saturated rings. The number of hydrogen-bond donors (Lipinski definition) is 0. The van der Waals surface area contributed by atoms with Gasteiger partial charge in [0.2, 0.25) is 0 Å². The Morgan fingerprint density at radius 3 is 1.92 bits per heavy atom. The summed E-state index contributed by atoms with van der Waals surface area (Å²) in [5.74, 6) is 0.566. The van der Waals surface area contributed by atoms with Gasteiger partial charge in [0, 0.05) is 9.75 Å². The maximum absolute atomic E-state index is 2.27. The Morgan fingerprint density at radius 1 is 1.00 bits per heavy atom. The molecule has 1 heterocycles. The summed E-state index contributed by atoms with van der Waals surface area (Å²) >= 11 is 1.89. The molecule has 1 heteroatoms. The van der Waals surface area contributed by atoms with Crippen molar-refractivity contribution in [2.75, 3.05) is 0 Å². The summed E-state index contributed by atoms with van der Waals surface area (Å²) in [5, 5.41) is 0. The highest BCUT2D eigenvalue weighted by atomic mass is 32.1. The van der Waals surface area contributed by atoms with E-state index in [-0.39, 0.29) is 0 Å². The van der Waals surface area contributed by atoms with Crippen LogP contribution >= 0.6 is 11.3 Å². The van der Waals surface area contributed by atoms with Crippen LogP contribution in [0.3, 0.4) is 0 Å². The van der Waals surface area contributed by atoms with Crippen LogP contribution in [0.1, 0.15) is 27.8 Å². The summed E-state index contributed by atoms with van der Waals surface area (Å²) in [6.07, 6.45) is 9.06. The van der Waals surface area contributed by atoms with Crippen molar-refractivity contribution in [1.82, 2.24) is 0 Å². The van der Waals surface area contributed by atoms with Crippen LogP contribution in [0.25, 0.3) is 12.2 Å². The Kier molecular flexibility index (Phi) is 2.12. The third kappa shape index (κ3) is 1.49. The van der Waals surface area contributed by atoms with E-state index in [1.807, 2.05) is 11.3 Å². The highest BCUT2D eigenvalue weighted by Crippen LogP contribution is 2.31. The largest absolute Gasteiger partial charge is 0.145 e. The Morgan fingerprint density at radius 2 is 1.46 bits per heavy atom. The molecule has 1 aromatic heterocycles. The lowest BCUT2D eigenvalue weighted by Gasteiger charge is -1.92.